The predicted octanol–water partition coefficient (Wildman–Crippen LogP) is 3.15. The summed E-state index contributed by atoms with van der Waals surface area (Å²) in [5, 5.41) is 0. The zero-order valence-electron chi connectivity index (χ0n) is 12.3. The molecule has 2 rings (SSSR count). The molecular formula is C16H25ClN2O. The largest absolute Gasteiger partial charge is 0.339 e. The van der Waals surface area contributed by atoms with E-state index in [2.05, 4.69) is 13.8 Å². The van der Waals surface area contributed by atoms with Crippen molar-refractivity contribution in [3.8, 4) is 0 Å². The third kappa shape index (κ3) is 3.97. The minimum atomic E-state index is -0.192. The molecule has 1 aliphatic rings. The number of benzene rings is 1. The Bertz CT molecular complexity index is 422. The molecule has 0 aliphatic carbocycles. The van der Waals surface area contributed by atoms with Gasteiger partial charge in [0.2, 0.25) is 5.91 Å². The van der Waals surface area contributed by atoms with Gasteiger partial charge in [0.1, 0.15) is 0 Å². The zero-order valence-corrected chi connectivity index (χ0v) is 13.1. The second-order valence-electron chi connectivity index (χ2n) is 5.76. The molecule has 2 N–H and O–H groups in total. The Hall–Kier alpha value is -1.06. The maximum absolute atomic E-state index is 12.4. The van der Waals surface area contributed by atoms with E-state index in [4.69, 9.17) is 5.73 Å². The van der Waals surface area contributed by atoms with E-state index in [0.717, 1.165) is 24.9 Å². The number of amides is 1. The summed E-state index contributed by atoms with van der Waals surface area (Å²) in [4.78, 5) is 14.4. The van der Waals surface area contributed by atoms with Crippen molar-refractivity contribution < 1.29 is 4.79 Å². The van der Waals surface area contributed by atoms with Crippen LogP contribution in [0.4, 0.5) is 0 Å². The molecule has 1 heterocycles. The first-order valence-corrected chi connectivity index (χ1v) is 7.19. The van der Waals surface area contributed by atoms with Crippen LogP contribution >= 0.6 is 12.4 Å². The Labute approximate surface area is 127 Å². The summed E-state index contributed by atoms with van der Waals surface area (Å²) in [7, 11) is 0. The molecule has 1 aliphatic heterocycles. The summed E-state index contributed by atoms with van der Waals surface area (Å²) in [6.45, 7) is 5.27. The van der Waals surface area contributed by atoms with Gasteiger partial charge in [0.05, 0.1) is 0 Å². The SMILES string of the molecule is CC(C)C1CCCN1C(=O)CC(N)c1ccccc1.Cl. The van der Waals surface area contributed by atoms with Crippen molar-refractivity contribution in [2.24, 2.45) is 11.7 Å². The Morgan fingerprint density at radius 1 is 1.35 bits per heavy atom. The Balaban J connectivity index is 0.00000200. The molecule has 1 aromatic carbocycles. The van der Waals surface area contributed by atoms with Crippen molar-refractivity contribution in [2.75, 3.05) is 6.54 Å². The van der Waals surface area contributed by atoms with Crippen LogP contribution < -0.4 is 5.73 Å². The third-order valence-corrected chi connectivity index (χ3v) is 4.01. The van der Waals surface area contributed by atoms with E-state index in [0.29, 0.717) is 18.4 Å². The predicted molar refractivity (Wildman–Crippen MR) is 84.8 cm³/mol. The number of rotatable bonds is 4. The second-order valence-corrected chi connectivity index (χ2v) is 5.76. The number of likely N-dealkylation sites (tertiary alicyclic amines) is 1. The molecule has 4 heteroatoms. The van der Waals surface area contributed by atoms with Crippen molar-refractivity contribution in [3.05, 3.63) is 35.9 Å². The highest BCUT2D eigenvalue weighted by Crippen LogP contribution is 2.26. The van der Waals surface area contributed by atoms with Crippen LogP contribution in [0.3, 0.4) is 0 Å². The topological polar surface area (TPSA) is 46.3 Å². The van der Waals surface area contributed by atoms with Crippen LogP contribution in [0, 0.1) is 5.92 Å². The molecular weight excluding hydrogens is 272 g/mol. The molecule has 1 aromatic rings. The number of carbonyl (C=O) groups excluding carboxylic acids is 1. The number of hydrogen-bond acceptors (Lipinski definition) is 2. The highest BCUT2D eigenvalue weighted by molar-refractivity contribution is 5.85. The van der Waals surface area contributed by atoms with Gasteiger partial charge in [-0.1, -0.05) is 44.2 Å². The average Bonchev–Trinajstić information content (AvgIpc) is 2.89. The van der Waals surface area contributed by atoms with Gasteiger partial charge in [0.15, 0.2) is 0 Å². The zero-order chi connectivity index (χ0) is 13.8. The smallest absolute Gasteiger partial charge is 0.224 e. The first-order chi connectivity index (χ1) is 9.09. The minimum absolute atomic E-state index is 0. The molecule has 112 valence electrons. The van der Waals surface area contributed by atoms with E-state index in [1.165, 1.54) is 0 Å². The van der Waals surface area contributed by atoms with Crippen molar-refractivity contribution in [1.82, 2.24) is 4.90 Å². The van der Waals surface area contributed by atoms with Crippen LogP contribution in [0.15, 0.2) is 30.3 Å². The molecule has 0 radical (unpaired) electrons. The first-order valence-electron chi connectivity index (χ1n) is 7.19. The lowest BCUT2D eigenvalue weighted by Crippen LogP contribution is -2.39. The molecule has 0 spiro atoms. The summed E-state index contributed by atoms with van der Waals surface area (Å²) < 4.78 is 0. The van der Waals surface area contributed by atoms with E-state index in [1.54, 1.807) is 0 Å². The molecule has 1 saturated heterocycles. The summed E-state index contributed by atoms with van der Waals surface area (Å²) in [5.74, 6) is 0.729. The summed E-state index contributed by atoms with van der Waals surface area (Å²) in [6, 6.07) is 10.1. The molecule has 0 aromatic heterocycles. The van der Waals surface area contributed by atoms with Crippen LogP contribution in [0.5, 0.6) is 0 Å². The third-order valence-electron chi connectivity index (χ3n) is 4.01. The van der Waals surface area contributed by atoms with E-state index < -0.39 is 0 Å². The first kappa shape index (κ1) is 17.0. The van der Waals surface area contributed by atoms with Gasteiger partial charge < -0.3 is 10.6 Å². The maximum atomic E-state index is 12.4. The summed E-state index contributed by atoms with van der Waals surface area (Å²) in [6.07, 6.45) is 2.66. The molecule has 0 bridgehead atoms. The quantitative estimate of drug-likeness (QED) is 0.928. The van der Waals surface area contributed by atoms with E-state index in [9.17, 15) is 4.79 Å². The number of halogens is 1. The van der Waals surface area contributed by atoms with Gasteiger partial charge in [-0.2, -0.15) is 0 Å². The van der Waals surface area contributed by atoms with Gasteiger partial charge in [-0.15, -0.1) is 12.4 Å². The fraction of sp³-hybridized carbons (Fsp3) is 0.562. The summed E-state index contributed by atoms with van der Waals surface area (Å²) >= 11 is 0. The lowest BCUT2D eigenvalue weighted by atomic mass is 10.0. The van der Waals surface area contributed by atoms with Gasteiger partial charge in [-0.3, -0.25) is 4.79 Å². The van der Waals surface area contributed by atoms with Crippen LogP contribution in [0.25, 0.3) is 0 Å². The monoisotopic (exact) mass is 296 g/mol. The number of carbonyl (C=O) groups is 1. The fourth-order valence-corrected chi connectivity index (χ4v) is 2.92. The van der Waals surface area contributed by atoms with Crippen LogP contribution in [0.1, 0.15) is 44.7 Å². The maximum Gasteiger partial charge on any atom is 0.224 e. The highest BCUT2D eigenvalue weighted by atomic mass is 35.5. The van der Waals surface area contributed by atoms with Crippen molar-refractivity contribution in [2.45, 2.75) is 45.2 Å². The van der Waals surface area contributed by atoms with Crippen molar-refractivity contribution in [3.63, 3.8) is 0 Å². The molecule has 2 atom stereocenters. The minimum Gasteiger partial charge on any atom is -0.339 e. The van der Waals surface area contributed by atoms with Crippen LogP contribution in [-0.2, 0) is 4.79 Å². The number of nitrogens with zero attached hydrogens (tertiary/aromatic N) is 1. The van der Waals surface area contributed by atoms with Gasteiger partial charge in [-0.25, -0.2) is 0 Å². The normalized spacial score (nSPS) is 19.8. The van der Waals surface area contributed by atoms with Crippen molar-refractivity contribution >= 4 is 18.3 Å². The molecule has 0 saturated carbocycles. The molecule has 1 fully saturated rings. The molecule has 20 heavy (non-hydrogen) atoms. The average molecular weight is 297 g/mol. The molecule has 2 unspecified atom stereocenters. The van der Waals surface area contributed by atoms with E-state index >= 15 is 0 Å². The van der Waals surface area contributed by atoms with Crippen LogP contribution in [-0.4, -0.2) is 23.4 Å². The van der Waals surface area contributed by atoms with Gasteiger partial charge in [0.25, 0.3) is 0 Å². The Morgan fingerprint density at radius 3 is 2.60 bits per heavy atom. The Kier molecular flexibility index (Phi) is 6.50. The standard InChI is InChI=1S/C16H24N2O.ClH/c1-12(2)15-9-6-10-18(15)16(19)11-14(17)13-7-4-3-5-8-13;/h3-5,7-8,12,14-15H,6,9-11,17H2,1-2H3;1H. The number of nitrogens with two attached hydrogens (primary N) is 1. The second kappa shape index (κ2) is 7.65. The van der Waals surface area contributed by atoms with Crippen LogP contribution in [0.2, 0.25) is 0 Å². The lowest BCUT2D eigenvalue weighted by Gasteiger charge is -2.28. The van der Waals surface area contributed by atoms with E-state index in [-0.39, 0.29) is 24.4 Å². The molecule has 3 nitrogen and oxygen atoms in total. The molecule has 1 amide bonds. The number of hydrogen-bond donors (Lipinski definition) is 1. The Morgan fingerprint density at radius 2 is 2.00 bits per heavy atom. The highest BCUT2D eigenvalue weighted by Gasteiger charge is 2.31. The van der Waals surface area contributed by atoms with E-state index in [1.807, 2.05) is 35.2 Å². The fourth-order valence-electron chi connectivity index (χ4n) is 2.92. The summed E-state index contributed by atoms with van der Waals surface area (Å²) in [5.41, 5.74) is 7.18. The van der Waals surface area contributed by atoms with Gasteiger partial charge in [-0.05, 0) is 24.3 Å². The van der Waals surface area contributed by atoms with Crippen molar-refractivity contribution in [1.29, 1.82) is 0 Å². The van der Waals surface area contributed by atoms with Gasteiger partial charge >= 0.3 is 0 Å². The lowest BCUT2D eigenvalue weighted by molar-refractivity contribution is -0.133. The van der Waals surface area contributed by atoms with Gasteiger partial charge in [0, 0.05) is 25.0 Å².